The van der Waals surface area contributed by atoms with E-state index in [1.807, 2.05) is 0 Å². The molecule has 20 heavy (non-hydrogen) atoms. The monoisotopic (exact) mass is 298 g/mol. The third-order valence-corrected chi connectivity index (χ3v) is 3.77. The van der Waals surface area contributed by atoms with Gasteiger partial charge in [-0.2, -0.15) is 0 Å². The van der Waals surface area contributed by atoms with Gasteiger partial charge in [-0.15, -0.1) is 0 Å². The lowest BCUT2D eigenvalue weighted by molar-refractivity contribution is -0.139. The average Bonchev–Trinajstić information content (AvgIpc) is 3.09. The number of sulfonamides is 1. The van der Waals surface area contributed by atoms with Crippen molar-refractivity contribution in [2.45, 2.75) is 12.2 Å². The van der Waals surface area contributed by atoms with Gasteiger partial charge < -0.3 is 10.4 Å². The Bertz CT molecular complexity index is 638. The summed E-state index contributed by atoms with van der Waals surface area (Å²) in [6.45, 7) is 0. The number of rotatable bonds is 5. The first-order valence-electron chi connectivity index (χ1n) is 5.89. The Morgan fingerprint density at radius 3 is 2.30 bits per heavy atom. The molecule has 1 aromatic carbocycles. The molecule has 1 aromatic rings. The van der Waals surface area contributed by atoms with Crippen molar-refractivity contribution in [2.24, 2.45) is 17.0 Å². The smallest absolute Gasteiger partial charge is 0.307 e. The first-order valence-corrected chi connectivity index (χ1v) is 7.61. The topological polar surface area (TPSA) is 127 Å². The molecule has 2 rings (SSSR count). The maximum atomic E-state index is 11.7. The molecule has 1 aliphatic carbocycles. The van der Waals surface area contributed by atoms with Crippen LogP contribution >= 0.6 is 0 Å². The van der Waals surface area contributed by atoms with E-state index in [0.29, 0.717) is 17.7 Å². The Hall–Kier alpha value is -1.93. The number of hydrogen-bond donors (Lipinski definition) is 3. The van der Waals surface area contributed by atoms with Crippen LogP contribution in [0.2, 0.25) is 0 Å². The summed E-state index contributed by atoms with van der Waals surface area (Å²) >= 11 is 0. The molecule has 2 atom stereocenters. The number of primary sulfonamides is 1. The second-order valence-electron chi connectivity index (χ2n) is 4.78. The number of carbonyl (C=O) groups is 2. The number of carboxylic acid groups (broad SMARTS) is 1. The molecule has 1 aliphatic rings. The summed E-state index contributed by atoms with van der Waals surface area (Å²) in [5.74, 6) is -2.66. The lowest BCUT2D eigenvalue weighted by Gasteiger charge is -2.05. The third kappa shape index (κ3) is 3.78. The summed E-state index contributed by atoms with van der Waals surface area (Å²) in [5, 5.41) is 16.3. The Balaban J connectivity index is 1.94. The summed E-state index contributed by atoms with van der Waals surface area (Å²) in [6.07, 6.45) is 0.352. The van der Waals surface area contributed by atoms with Gasteiger partial charge in [-0.1, -0.05) is 12.1 Å². The van der Waals surface area contributed by atoms with Gasteiger partial charge in [0, 0.05) is 5.69 Å². The van der Waals surface area contributed by atoms with Gasteiger partial charge in [0.1, 0.15) is 0 Å². The Morgan fingerprint density at radius 1 is 1.25 bits per heavy atom. The number of hydrogen-bond acceptors (Lipinski definition) is 4. The van der Waals surface area contributed by atoms with Crippen LogP contribution in [0.3, 0.4) is 0 Å². The molecule has 4 N–H and O–H groups in total. The van der Waals surface area contributed by atoms with Gasteiger partial charge in [0.2, 0.25) is 15.9 Å². The molecule has 1 saturated carbocycles. The highest BCUT2D eigenvalue weighted by atomic mass is 32.2. The summed E-state index contributed by atoms with van der Waals surface area (Å²) in [7, 11) is -3.59. The molecule has 1 fully saturated rings. The van der Waals surface area contributed by atoms with E-state index in [2.05, 4.69) is 5.32 Å². The van der Waals surface area contributed by atoms with Gasteiger partial charge in [0.05, 0.1) is 17.6 Å². The molecular formula is C12H14N2O5S. The van der Waals surface area contributed by atoms with Crippen molar-refractivity contribution in [3.8, 4) is 0 Å². The zero-order valence-corrected chi connectivity index (χ0v) is 11.3. The minimum Gasteiger partial charge on any atom is -0.481 e. The van der Waals surface area contributed by atoms with Crippen LogP contribution in [-0.2, 0) is 25.4 Å². The number of nitrogens with one attached hydrogen (secondary N) is 1. The van der Waals surface area contributed by atoms with Crippen LogP contribution in [0.15, 0.2) is 24.3 Å². The number of carbonyl (C=O) groups excluding carboxylic acids is 1. The Morgan fingerprint density at radius 2 is 1.85 bits per heavy atom. The van der Waals surface area contributed by atoms with Gasteiger partial charge in [-0.3, -0.25) is 9.59 Å². The van der Waals surface area contributed by atoms with Crippen LogP contribution in [0, 0.1) is 11.8 Å². The third-order valence-electron chi connectivity index (χ3n) is 3.03. The van der Waals surface area contributed by atoms with Crippen LogP contribution in [0.25, 0.3) is 0 Å². The molecule has 0 spiro atoms. The maximum absolute atomic E-state index is 11.7. The molecule has 108 valence electrons. The molecule has 1 amide bonds. The summed E-state index contributed by atoms with van der Waals surface area (Å²) in [5.41, 5.74) is 1.00. The van der Waals surface area contributed by atoms with Gasteiger partial charge >= 0.3 is 5.97 Å². The molecule has 0 unspecified atom stereocenters. The first-order chi connectivity index (χ1) is 9.26. The molecule has 0 bridgehead atoms. The van der Waals surface area contributed by atoms with E-state index in [9.17, 15) is 18.0 Å². The molecule has 0 radical (unpaired) electrons. The number of nitrogens with two attached hydrogens (primary N) is 1. The van der Waals surface area contributed by atoms with E-state index in [-0.39, 0.29) is 11.7 Å². The molecule has 7 nitrogen and oxygen atoms in total. The van der Waals surface area contributed by atoms with Crippen molar-refractivity contribution in [3.63, 3.8) is 0 Å². The second kappa shape index (κ2) is 5.22. The van der Waals surface area contributed by atoms with E-state index in [0.717, 1.165) is 0 Å². The number of benzene rings is 1. The van der Waals surface area contributed by atoms with Gasteiger partial charge in [0.25, 0.3) is 0 Å². The Kier molecular flexibility index (Phi) is 3.78. The fraction of sp³-hybridized carbons (Fsp3) is 0.333. The fourth-order valence-electron chi connectivity index (χ4n) is 1.91. The van der Waals surface area contributed by atoms with Crippen LogP contribution in [0.1, 0.15) is 12.0 Å². The molecule has 8 heteroatoms. The van der Waals surface area contributed by atoms with E-state index in [4.69, 9.17) is 10.2 Å². The van der Waals surface area contributed by atoms with E-state index >= 15 is 0 Å². The number of anilines is 1. The van der Waals surface area contributed by atoms with Crippen molar-refractivity contribution in [2.75, 3.05) is 5.32 Å². The highest BCUT2D eigenvalue weighted by Gasteiger charge is 2.48. The lowest BCUT2D eigenvalue weighted by atomic mass is 10.2. The summed E-state index contributed by atoms with van der Waals surface area (Å²) < 4.78 is 21.8. The second-order valence-corrected chi connectivity index (χ2v) is 6.39. The van der Waals surface area contributed by atoms with E-state index in [1.165, 1.54) is 0 Å². The zero-order valence-electron chi connectivity index (χ0n) is 10.4. The first kappa shape index (κ1) is 14.5. The molecule has 0 aromatic heterocycles. The van der Waals surface area contributed by atoms with Crippen molar-refractivity contribution in [1.82, 2.24) is 0 Å². The molecular weight excluding hydrogens is 284 g/mol. The quantitative estimate of drug-likeness (QED) is 0.712. The van der Waals surface area contributed by atoms with Gasteiger partial charge in [-0.05, 0) is 24.1 Å². The van der Waals surface area contributed by atoms with Crippen molar-refractivity contribution in [3.05, 3.63) is 29.8 Å². The Labute approximate surface area is 115 Å². The number of amides is 1. The minimum absolute atomic E-state index is 0.273. The number of carboxylic acids is 1. The van der Waals surface area contributed by atoms with Gasteiger partial charge in [-0.25, -0.2) is 13.6 Å². The van der Waals surface area contributed by atoms with Crippen LogP contribution in [-0.4, -0.2) is 25.4 Å². The predicted molar refractivity (Wildman–Crippen MR) is 71.1 cm³/mol. The van der Waals surface area contributed by atoms with Gasteiger partial charge in [0.15, 0.2) is 0 Å². The zero-order chi connectivity index (χ0) is 14.9. The van der Waals surface area contributed by atoms with Crippen LogP contribution in [0.4, 0.5) is 5.69 Å². The highest BCUT2D eigenvalue weighted by molar-refractivity contribution is 7.88. The lowest BCUT2D eigenvalue weighted by Crippen LogP contribution is -2.17. The molecule has 0 aliphatic heterocycles. The van der Waals surface area contributed by atoms with Crippen LogP contribution < -0.4 is 10.5 Å². The largest absolute Gasteiger partial charge is 0.481 e. The van der Waals surface area contributed by atoms with E-state index < -0.39 is 27.8 Å². The number of aliphatic carboxylic acids is 1. The maximum Gasteiger partial charge on any atom is 0.307 e. The standard InChI is InChI=1S/C12H14N2O5S/c13-20(18,19)6-7-1-3-8(4-2-7)14-11(15)9-5-10(9)12(16)17/h1-4,9-10H,5-6H2,(H,14,15)(H,16,17)(H2,13,18,19)/t9-,10+/m1/s1. The van der Waals surface area contributed by atoms with Crippen molar-refractivity contribution < 1.29 is 23.1 Å². The minimum atomic E-state index is -3.59. The predicted octanol–water partition coefficient (Wildman–Crippen LogP) is 0.134. The molecule has 0 saturated heterocycles. The fourth-order valence-corrected chi connectivity index (χ4v) is 2.57. The molecule has 0 heterocycles. The average molecular weight is 298 g/mol. The van der Waals surface area contributed by atoms with Crippen molar-refractivity contribution in [1.29, 1.82) is 0 Å². The summed E-state index contributed by atoms with van der Waals surface area (Å²) in [6, 6.07) is 6.19. The normalized spacial score (nSPS) is 21.2. The SMILES string of the molecule is NS(=O)(=O)Cc1ccc(NC(=O)[C@@H]2C[C@@H]2C(=O)O)cc1. The van der Waals surface area contributed by atoms with Crippen molar-refractivity contribution >= 4 is 27.6 Å². The van der Waals surface area contributed by atoms with Crippen LogP contribution in [0.5, 0.6) is 0 Å². The highest BCUT2D eigenvalue weighted by Crippen LogP contribution is 2.39. The van der Waals surface area contributed by atoms with E-state index in [1.54, 1.807) is 24.3 Å². The summed E-state index contributed by atoms with van der Waals surface area (Å²) in [4.78, 5) is 22.4.